The average Bonchev–Trinajstić information content (AvgIpc) is 3.01. The molecule has 0 atom stereocenters. The highest BCUT2D eigenvalue weighted by Crippen LogP contribution is 2.34. The first-order valence-electron chi connectivity index (χ1n) is 5.68. The number of rotatable bonds is 4. The fraction of sp³-hybridized carbons (Fsp3) is 0.231. The molecule has 2 aromatic rings. The fourth-order valence-electron chi connectivity index (χ4n) is 1.65. The second kappa shape index (κ2) is 4.18. The first kappa shape index (κ1) is 10.8. The van der Waals surface area contributed by atoms with Crippen molar-refractivity contribution in [1.29, 1.82) is 0 Å². The van der Waals surface area contributed by atoms with Crippen molar-refractivity contribution in [3.05, 3.63) is 36.2 Å². The van der Waals surface area contributed by atoms with Gasteiger partial charge in [-0.25, -0.2) is 9.78 Å². The summed E-state index contributed by atoms with van der Waals surface area (Å²) in [6, 6.07) is 4.69. The topological polar surface area (TPSA) is 72.6 Å². The molecule has 92 valence electrons. The Hall–Kier alpha value is -2.30. The van der Waals surface area contributed by atoms with Crippen molar-refractivity contribution in [3.63, 3.8) is 0 Å². The number of oxazole rings is 1. The fourth-order valence-corrected chi connectivity index (χ4v) is 1.65. The molecule has 0 bridgehead atoms. The summed E-state index contributed by atoms with van der Waals surface area (Å²) in [5, 5.41) is 8.99. The molecule has 0 saturated heterocycles. The Kier molecular flexibility index (Phi) is 2.51. The molecular formula is C13H11NO4. The highest BCUT2D eigenvalue weighted by molar-refractivity contribution is 5.89. The van der Waals surface area contributed by atoms with Crippen LogP contribution in [-0.2, 0) is 0 Å². The molecule has 5 heteroatoms. The molecule has 18 heavy (non-hydrogen) atoms. The Morgan fingerprint density at radius 3 is 2.89 bits per heavy atom. The van der Waals surface area contributed by atoms with E-state index in [0.717, 1.165) is 12.8 Å². The lowest BCUT2D eigenvalue weighted by Crippen LogP contribution is -2.02. The molecule has 1 aromatic heterocycles. The molecule has 0 radical (unpaired) electrons. The SMILES string of the molecule is O=C(O)c1ccc(-c2ncco2)c(OC2CC2)c1. The number of nitrogens with zero attached hydrogens (tertiary/aromatic N) is 1. The van der Waals surface area contributed by atoms with E-state index < -0.39 is 5.97 Å². The zero-order chi connectivity index (χ0) is 12.5. The Morgan fingerprint density at radius 2 is 2.28 bits per heavy atom. The van der Waals surface area contributed by atoms with Gasteiger partial charge in [-0.2, -0.15) is 0 Å². The molecule has 1 heterocycles. The molecule has 1 aliphatic carbocycles. The molecule has 1 fully saturated rings. The van der Waals surface area contributed by atoms with Gasteiger partial charge in [-0.1, -0.05) is 0 Å². The van der Waals surface area contributed by atoms with Gasteiger partial charge in [0, 0.05) is 0 Å². The highest BCUT2D eigenvalue weighted by atomic mass is 16.5. The molecular weight excluding hydrogens is 234 g/mol. The smallest absolute Gasteiger partial charge is 0.335 e. The van der Waals surface area contributed by atoms with Gasteiger partial charge >= 0.3 is 5.97 Å². The van der Waals surface area contributed by atoms with Gasteiger partial charge in [-0.3, -0.25) is 0 Å². The summed E-state index contributed by atoms with van der Waals surface area (Å²) < 4.78 is 10.9. The van der Waals surface area contributed by atoms with E-state index in [2.05, 4.69) is 4.98 Å². The summed E-state index contributed by atoms with van der Waals surface area (Å²) in [7, 11) is 0. The Morgan fingerprint density at radius 1 is 1.44 bits per heavy atom. The first-order valence-corrected chi connectivity index (χ1v) is 5.68. The minimum Gasteiger partial charge on any atom is -0.490 e. The van der Waals surface area contributed by atoms with Crippen LogP contribution in [0.3, 0.4) is 0 Å². The summed E-state index contributed by atoms with van der Waals surface area (Å²) in [5.41, 5.74) is 0.873. The van der Waals surface area contributed by atoms with Crippen LogP contribution >= 0.6 is 0 Å². The zero-order valence-corrected chi connectivity index (χ0v) is 9.50. The van der Waals surface area contributed by atoms with Gasteiger partial charge in [0.1, 0.15) is 12.0 Å². The molecule has 1 aliphatic rings. The van der Waals surface area contributed by atoms with Gasteiger partial charge in [-0.15, -0.1) is 0 Å². The van der Waals surface area contributed by atoms with Crippen LogP contribution in [0.4, 0.5) is 0 Å². The van der Waals surface area contributed by atoms with Crippen molar-refractivity contribution >= 4 is 5.97 Å². The molecule has 5 nitrogen and oxygen atoms in total. The lowest BCUT2D eigenvalue weighted by atomic mass is 10.1. The highest BCUT2D eigenvalue weighted by Gasteiger charge is 2.26. The van der Waals surface area contributed by atoms with E-state index in [4.69, 9.17) is 14.3 Å². The molecule has 3 rings (SSSR count). The molecule has 0 amide bonds. The molecule has 0 aliphatic heterocycles. The van der Waals surface area contributed by atoms with Crippen LogP contribution in [0.5, 0.6) is 5.75 Å². The minimum atomic E-state index is -0.977. The Bertz CT molecular complexity index is 573. The predicted molar refractivity (Wildman–Crippen MR) is 62.5 cm³/mol. The molecule has 0 unspecified atom stereocenters. The number of benzene rings is 1. The van der Waals surface area contributed by atoms with Gasteiger partial charge in [0.05, 0.1) is 23.4 Å². The number of carboxylic acids is 1. The van der Waals surface area contributed by atoms with Crippen molar-refractivity contribution in [2.24, 2.45) is 0 Å². The number of carbonyl (C=O) groups is 1. The maximum atomic E-state index is 11.0. The van der Waals surface area contributed by atoms with Gasteiger partial charge in [0.2, 0.25) is 5.89 Å². The van der Waals surface area contributed by atoms with E-state index in [1.165, 1.54) is 18.4 Å². The van der Waals surface area contributed by atoms with Gasteiger partial charge < -0.3 is 14.3 Å². The number of hydrogen-bond donors (Lipinski definition) is 1. The molecule has 1 saturated carbocycles. The number of carboxylic acid groups (broad SMARTS) is 1. The normalized spacial score (nSPS) is 14.4. The summed E-state index contributed by atoms with van der Waals surface area (Å²) in [6.07, 6.45) is 5.20. The van der Waals surface area contributed by atoms with Gasteiger partial charge in [-0.05, 0) is 31.0 Å². The van der Waals surface area contributed by atoms with E-state index in [-0.39, 0.29) is 11.7 Å². The number of aromatic nitrogens is 1. The average molecular weight is 245 g/mol. The standard InChI is InChI=1S/C13H11NO4/c15-13(16)8-1-4-10(12-14-5-6-17-12)11(7-8)18-9-2-3-9/h1,4-7,9H,2-3H2,(H,15,16). The maximum absolute atomic E-state index is 11.0. The largest absolute Gasteiger partial charge is 0.490 e. The lowest BCUT2D eigenvalue weighted by molar-refractivity contribution is 0.0696. The summed E-state index contributed by atoms with van der Waals surface area (Å²) in [6.45, 7) is 0. The van der Waals surface area contributed by atoms with Crippen molar-refractivity contribution in [3.8, 4) is 17.2 Å². The lowest BCUT2D eigenvalue weighted by Gasteiger charge is -2.09. The summed E-state index contributed by atoms with van der Waals surface area (Å²) in [4.78, 5) is 15.0. The molecule has 1 N–H and O–H groups in total. The van der Waals surface area contributed by atoms with Gasteiger partial charge in [0.15, 0.2) is 0 Å². The van der Waals surface area contributed by atoms with E-state index in [9.17, 15) is 4.79 Å². The maximum Gasteiger partial charge on any atom is 0.335 e. The first-order chi connectivity index (χ1) is 8.74. The Balaban J connectivity index is 2.03. The monoisotopic (exact) mass is 245 g/mol. The quantitative estimate of drug-likeness (QED) is 0.896. The van der Waals surface area contributed by atoms with Crippen LogP contribution in [0.2, 0.25) is 0 Å². The predicted octanol–water partition coefficient (Wildman–Crippen LogP) is 2.58. The number of hydrogen-bond acceptors (Lipinski definition) is 4. The summed E-state index contributed by atoms with van der Waals surface area (Å²) in [5.74, 6) is -0.0305. The van der Waals surface area contributed by atoms with Crippen molar-refractivity contribution in [2.75, 3.05) is 0 Å². The van der Waals surface area contributed by atoms with Crippen molar-refractivity contribution in [2.45, 2.75) is 18.9 Å². The number of ether oxygens (including phenoxy) is 1. The molecule has 1 aromatic carbocycles. The molecule has 0 spiro atoms. The van der Waals surface area contributed by atoms with Crippen LogP contribution < -0.4 is 4.74 Å². The van der Waals surface area contributed by atoms with Crippen LogP contribution in [0, 0.1) is 0 Å². The van der Waals surface area contributed by atoms with E-state index in [1.807, 2.05) is 0 Å². The third-order valence-corrected chi connectivity index (χ3v) is 2.71. The zero-order valence-electron chi connectivity index (χ0n) is 9.50. The summed E-state index contributed by atoms with van der Waals surface area (Å²) >= 11 is 0. The van der Waals surface area contributed by atoms with Crippen LogP contribution in [0.1, 0.15) is 23.2 Å². The number of aromatic carboxylic acids is 1. The van der Waals surface area contributed by atoms with Crippen molar-refractivity contribution < 1.29 is 19.1 Å². The van der Waals surface area contributed by atoms with E-state index in [0.29, 0.717) is 17.2 Å². The van der Waals surface area contributed by atoms with Gasteiger partial charge in [0.25, 0.3) is 0 Å². The van der Waals surface area contributed by atoms with Crippen molar-refractivity contribution in [1.82, 2.24) is 4.98 Å². The minimum absolute atomic E-state index is 0.183. The third-order valence-electron chi connectivity index (χ3n) is 2.71. The van der Waals surface area contributed by atoms with E-state index in [1.54, 1.807) is 12.3 Å². The third kappa shape index (κ3) is 2.07. The van der Waals surface area contributed by atoms with Crippen LogP contribution in [0.25, 0.3) is 11.5 Å². The van der Waals surface area contributed by atoms with Crippen LogP contribution in [-0.4, -0.2) is 22.2 Å². The Labute approximate surface area is 103 Å². The second-order valence-corrected chi connectivity index (χ2v) is 4.17. The van der Waals surface area contributed by atoms with Crippen LogP contribution in [0.15, 0.2) is 35.1 Å². The second-order valence-electron chi connectivity index (χ2n) is 4.17. The van der Waals surface area contributed by atoms with E-state index >= 15 is 0 Å².